The molecule has 1 N–H and O–H groups in total. The Bertz CT molecular complexity index is 1060. The SMILES string of the molecule is Cn1cc(S(=O)(=O)CC2(C)COC2)c(F)c1C(=O)Nc1ccc(F)c(Cl)c1F. The van der Waals surface area contributed by atoms with E-state index in [-0.39, 0.29) is 19.0 Å². The van der Waals surface area contributed by atoms with Crippen LogP contribution in [0.3, 0.4) is 0 Å². The highest BCUT2D eigenvalue weighted by Crippen LogP contribution is 2.33. The monoisotopic (exact) mass is 436 g/mol. The lowest BCUT2D eigenvalue weighted by atomic mass is 9.92. The maximum atomic E-state index is 14.8. The number of carbonyl (C=O) groups is 1. The van der Waals surface area contributed by atoms with E-state index in [0.29, 0.717) is 0 Å². The van der Waals surface area contributed by atoms with Crippen LogP contribution in [0.5, 0.6) is 0 Å². The Balaban J connectivity index is 1.91. The summed E-state index contributed by atoms with van der Waals surface area (Å²) in [5.74, 6) is -4.96. The first-order chi connectivity index (χ1) is 12.9. The van der Waals surface area contributed by atoms with Gasteiger partial charge in [-0.1, -0.05) is 18.5 Å². The molecular weight excluding hydrogens is 421 g/mol. The van der Waals surface area contributed by atoms with Crippen LogP contribution in [-0.4, -0.2) is 37.9 Å². The molecule has 0 radical (unpaired) electrons. The summed E-state index contributed by atoms with van der Waals surface area (Å²) in [5, 5.41) is 1.24. The van der Waals surface area contributed by atoms with Gasteiger partial charge in [-0.3, -0.25) is 4.79 Å². The molecule has 0 spiro atoms. The Labute approximate surface area is 164 Å². The third-order valence-electron chi connectivity index (χ3n) is 4.36. The fraction of sp³-hybridized carbons (Fsp3) is 0.353. The van der Waals surface area contributed by atoms with Gasteiger partial charge in [0.2, 0.25) is 0 Å². The van der Waals surface area contributed by atoms with Gasteiger partial charge in [0.25, 0.3) is 5.91 Å². The molecule has 11 heteroatoms. The Kier molecular flexibility index (Phi) is 5.24. The van der Waals surface area contributed by atoms with Gasteiger partial charge in [0.15, 0.2) is 21.5 Å². The zero-order valence-electron chi connectivity index (χ0n) is 14.9. The highest BCUT2D eigenvalue weighted by molar-refractivity contribution is 7.91. The summed E-state index contributed by atoms with van der Waals surface area (Å²) >= 11 is 5.45. The number of anilines is 1. The molecular formula is C17H16ClF3N2O4S. The quantitative estimate of drug-likeness (QED) is 0.730. The lowest BCUT2D eigenvalue weighted by Gasteiger charge is -2.37. The molecule has 2 aromatic rings. The van der Waals surface area contributed by atoms with Gasteiger partial charge in [0.05, 0.1) is 24.7 Å². The molecule has 152 valence electrons. The van der Waals surface area contributed by atoms with Gasteiger partial charge in [-0.05, 0) is 12.1 Å². The summed E-state index contributed by atoms with van der Waals surface area (Å²) in [6, 6.07) is 1.75. The number of hydrogen-bond donors (Lipinski definition) is 1. The van der Waals surface area contributed by atoms with Crippen molar-refractivity contribution in [3.05, 3.63) is 46.5 Å². The molecule has 1 amide bonds. The second-order valence-corrected chi connectivity index (χ2v) is 9.34. The number of rotatable bonds is 5. The fourth-order valence-corrected chi connectivity index (χ4v) is 5.01. The minimum atomic E-state index is -4.04. The van der Waals surface area contributed by atoms with E-state index in [1.165, 1.54) is 7.05 Å². The van der Waals surface area contributed by atoms with Crippen LogP contribution in [0.15, 0.2) is 23.2 Å². The number of hydrogen-bond acceptors (Lipinski definition) is 4. The summed E-state index contributed by atoms with van der Waals surface area (Å²) < 4.78 is 73.2. The van der Waals surface area contributed by atoms with E-state index >= 15 is 0 Å². The Morgan fingerprint density at radius 1 is 1.29 bits per heavy atom. The topological polar surface area (TPSA) is 77.4 Å². The molecule has 1 fully saturated rings. The minimum absolute atomic E-state index is 0.235. The molecule has 0 saturated carbocycles. The molecule has 1 saturated heterocycles. The molecule has 6 nitrogen and oxygen atoms in total. The summed E-state index contributed by atoms with van der Waals surface area (Å²) in [6.45, 7) is 2.17. The average molecular weight is 437 g/mol. The van der Waals surface area contributed by atoms with Crippen molar-refractivity contribution in [2.75, 3.05) is 24.3 Å². The number of halogens is 4. The summed E-state index contributed by atoms with van der Waals surface area (Å²) in [4.78, 5) is 11.8. The van der Waals surface area contributed by atoms with E-state index in [2.05, 4.69) is 5.32 Å². The number of benzene rings is 1. The predicted molar refractivity (Wildman–Crippen MR) is 95.7 cm³/mol. The highest BCUT2D eigenvalue weighted by atomic mass is 35.5. The molecule has 0 atom stereocenters. The number of aryl methyl sites for hydroxylation is 1. The first-order valence-electron chi connectivity index (χ1n) is 8.05. The summed E-state index contributed by atoms with van der Waals surface area (Å²) in [7, 11) is -2.76. The van der Waals surface area contributed by atoms with E-state index in [9.17, 15) is 26.4 Å². The van der Waals surface area contributed by atoms with Crippen molar-refractivity contribution in [1.29, 1.82) is 0 Å². The number of ether oxygens (including phenoxy) is 1. The molecule has 0 unspecified atom stereocenters. The van der Waals surface area contributed by atoms with Crippen molar-refractivity contribution in [2.45, 2.75) is 11.8 Å². The van der Waals surface area contributed by atoms with Crippen molar-refractivity contribution in [1.82, 2.24) is 4.57 Å². The Morgan fingerprint density at radius 3 is 2.50 bits per heavy atom. The van der Waals surface area contributed by atoms with E-state index in [1.54, 1.807) is 6.92 Å². The lowest BCUT2D eigenvalue weighted by Crippen LogP contribution is -2.45. The number of sulfone groups is 1. The predicted octanol–water partition coefficient (Wildman–Crippen LogP) is 3.16. The van der Waals surface area contributed by atoms with Crippen LogP contribution in [0.25, 0.3) is 0 Å². The lowest BCUT2D eigenvalue weighted by molar-refractivity contribution is -0.0870. The number of carbonyl (C=O) groups excluding carboxylic acids is 1. The zero-order chi connectivity index (χ0) is 20.9. The van der Waals surface area contributed by atoms with E-state index in [4.69, 9.17) is 16.3 Å². The number of aromatic nitrogens is 1. The van der Waals surface area contributed by atoms with Crippen molar-refractivity contribution in [3.8, 4) is 0 Å². The van der Waals surface area contributed by atoms with E-state index < -0.39 is 59.9 Å². The van der Waals surface area contributed by atoms with Crippen molar-refractivity contribution < 1.29 is 31.1 Å². The summed E-state index contributed by atoms with van der Waals surface area (Å²) in [6.07, 6.45) is 0.983. The molecule has 1 aliphatic rings. The van der Waals surface area contributed by atoms with E-state index in [1.807, 2.05) is 0 Å². The molecule has 1 aliphatic heterocycles. The van der Waals surface area contributed by atoms with Gasteiger partial charge in [-0.15, -0.1) is 0 Å². The van der Waals surface area contributed by atoms with Crippen LogP contribution >= 0.6 is 11.6 Å². The molecule has 28 heavy (non-hydrogen) atoms. The third kappa shape index (κ3) is 3.63. The second-order valence-electron chi connectivity index (χ2n) is 7.01. The third-order valence-corrected chi connectivity index (χ3v) is 6.74. The van der Waals surface area contributed by atoms with Crippen LogP contribution in [0.2, 0.25) is 5.02 Å². The van der Waals surface area contributed by atoms with Gasteiger partial charge >= 0.3 is 0 Å². The van der Waals surface area contributed by atoms with Gasteiger partial charge in [0, 0.05) is 18.7 Å². The molecule has 3 rings (SSSR count). The maximum absolute atomic E-state index is 14.8. The summed E-state index contributed by atoms with van der Waals surface area (Å²) in [5.41, 5.74) is -1.72. The van der Waals surface area contributed by atoms with E-state index in [0.717, 1.165) is 22.9 Å². The van der Waals surface area contributed by atoms with Crippen LogP contribution in [-0.2, 0) is 21.6 Å². The Hall–Kier alpha value is -2.04. The molecule has 1 aromatic carbocycles. The van der Waals surface area contributed by atoms with Crippen molar-refractivity contribution in [2.24, 2.45) is 12.5 Å². The van der Waals surface area contributed by atoms with Crippen LogP contribution in [0.4, 0.5) is 18.9 Å². The molecule has 0 bridgehead atoms. The minimum Gasteiger partial charge on any atom is -0.380 e. The van der Waals surface area contributed by atoms with Crippen LogP contribution < -0.4 is 5.32 Å². The van der Waals surface area contributed by atoms with Crippen LogP contribution in [0, 0.1) is 22.9 Å². The average Bonchev–Trinajstić information content (AvgIpc) is 2.89. The number of nitrogens with zero attached hydrogens (tertiary/aromatic N) is 1. The second kappa shape index (κ2) is 7.09. The number of amides is 1. The first kappa shape index (κ1) is 20.7. The van der Waals surface area contributed by atoms with Gasteiger partial charge < -0.3 is 14.6 Å². The molecule has 1 aromatic heterocycles. The largest absolute Gasteiger partial charge is 0.380 e. The number of nitrogens with one attached hydrogen (secondary N) is 1. The van der Waals surface area contributed by atoms with Crippen molar-refractivity contribution >= 4 is 33.0 Å². The highest BCUT2D eigenvalue weighted by Gasteiger charge is 2.40. The van der Waals surface area contributed by atoms with Crippen molar-refractivity contribution in [3.63, 3.8) is 0 Å². The molecule has 0 aliphatic carbocycles. The van der Waals surface area contributed by atoms with Gasteiger partial charge in [-0.2, -0.15) is 0 Å². The van der Waals surface area contributed by atoms with Gasteiger partial charge in [-0.25, -0.2) is 21.6 Å². The molecule has 2 heterocycles. The van der Waals surface area contributed by atoms with Gasteiger partial charge in [0.1, 0.15) is 21.4 Å². The first-order valence-corrected chi connectivity index (χ1v) is 10.1. The fourth-order valence-electron chi connectivity index (χ4n) is 2.92. The Morgan fingerprint density at radius 2 is 1.93 bits per heavy atom. The standard InChI is InChI=1S/C17H16ClF3N2O4S/c1-17(6-27-7-17)8-28(25,26)11-5-23(2)15(14(11)21)16(24)22-10-4-3-9(19)12(18)13(10)20/h3-5H,6-8H2,1-2H3,(H,22,24). The maximum Gasteiger partial charge on any atom is 0.275 e. The normalized spacial score (nSPS) is 15.9. The zero-order valence-corrected chi connectivity index (χ0v) is 16.4. The van der Waals surface area contributed by atoms with Crippen LogP contribution in [0.1, 0.15) is 17.4 Å². The smallest absolute Gasteiger partial charge is 0.275 e.